The van der Waals surface area contributed by atoms with E-state index in [0.717, 1.165) is 25.4 Å². The number of piperidine rings is 1. The minimum atomic E-state index is -0.532. The number of hydrogen-bond acceptors (Lipinski definition) is 5. The molecule has 0 radical (unpaired) electrons. The molecule has 7 nitrogen and oxygen atoms in total. The summed E-state index contributed by atoms with van der Waals surface area (Å²) in [6.45, 7) is 1.37. The van der Waals surface area contributed by atoms with Crippen LogP contribution >= 0.6 is 0 Å². The summed E-state index contributed by atoms with van der Waals surface area (Å²) >= 11 is 0. The van der Waals surface area contributed by atoms with Gasteiger partial charge in [0.1, 0.15) is 5.75 Å². The number of nitro groups is 1. The second-order valence-electron chi connectivity index (χ2n) is 6.81. The number of amides is 1. The van der Waals surface area contributed by atoms with Crippen molar-refractivity contribution >= 4 is 11.6 Å². The lowest BCUT2D eigenvalue weighted by Gasteiger charge is -2.41. The molecule has 0 aromatic heterocycles. The van der Waals surface area contributed by atoms with Crippen molar-refractivity contribution < 1.29 is 19.2 Å². The summed E-state index contributed by atoms with van der Waals surface area (Å²) in [5, 5.41) is 11.2. The molecule has 0 unspecified atom stereocenters. The molecule has 1 amide bonds. The molecule has 1 aliphatic carbocycles. The van der Waals surface area contributed by atoms with Crippen LogP contribution in [-0.4, -0.2) is 42.5 Å². The molecule has 1 aromatic rings. The van der Waals surface area contributed by atoms with Crippen molar-refractivity contribution in [1.29, 1.82) is 0 Å². The van der Waals surface area contributed by atoms with Gasteiger partial charge in [-0.05, 0) is 36.8 Å². The van der Waals surface area contributed by atoms with E-state index in [1.54, 1.807) is 6.07 Å². The number of rotatable bonds is 5. The van der Waals surface area contributed by atoms with Crippen LogP contribution in [-0.2, 0) is 4.79 Å². The average molecular weight is 348 g/mol. The van der Waals surface area contributed by atoms with E-state index in [1.165, 1.54) is 44.9 Å². The van der Waals surface area contributed by atoms with Crippen molar-refractivity contribution in [2.24, 2.45) is 11.8 Å². The number of fused-ring (bicyclic) bond motifs is 1. The quantitative estimate of drug-likeness (QED) is 0.603. The van der Waals surface area contributed by atoms with Crippen molar-refractivity contribution in [3.63, 3.8) is 0 Å². The molecule has 1 saturated heterocycles. The summed E-state index contributed by atoms with van der Waals surface area (Å²) in [6.07, 6.45) is 6.08. The first kappa shape index (κ1) is 17.5. The summed E-state index contributed by atoms with van der Waals surface area (Å²) in [7, 11) is 1.44. The molecule has 1 aliphatic heterocycles. The van der Waals surface area contributed by atoms with E-state index in [2.05, 4.69) is 0 Å². The maximum atomic E-state index is 12.5. The second kappa shape index (κ2) is 7.72. The van der Waals surface area contributed by atoms with Gasteiger partial charge in [0.05, 0.1) is 18.1 Å². The van der Waals surface area contributed by atoms with Gasteiger partial charge in [0.25, 0.3) is 5.91 Å². The molecule has 0 N–H and O–H groups in total. The summed E-state index contributed by atoms with van der Waals surface area (Å²) in [5.41, 5.74) is -0.196. The van der Waals surface area contributed by atoms with Crippen molar-refractivity contribution in [1.82, 2.24) is 4.90 Å². The van der Waals surface area contributed by atoms with Crippen LogP contribution in [0.1, 0.15) is 32.1 Å². The van der Waals surface area contributed by atoms with E-state index in [9.17, 15) is 14.9 Å². The summed E-state index contributed by atoms with van der Waals surface area (Å²) in [5.74, 6) is 1.72. The van der Waals surface area contributed by atoms with Crippen LogP contribution in [0.2, 0.25) is 0 Å². The fourth-order valence-corrected chi connectivity index (χ4v) is 3.95. The van der Waals surface area contributed by atoms with Crippen molar-refractivity contribution in [3.8, 4) is 11.5 Å². The zero-order valence-corrected chi connectivity index (χ0v) is 14.5. The molecule has 0 bridgehead atoms. The molecule has 2 atom stereocenters. The standard InChI is InChI=1S/C18H24N2O5/c1-24-15-6-7-17(16(10-15)20(22)23)25-12-18(21)19-9-8-13-4-2-3-5-14(13)11-19/h6-7,10,13-14H,2-5,8-9,11-12H2,1H3/t13-,14-/m1/s1. The number of ether oxygens (including phenoxy) is 2. The second-order valence-corrected chi connectivity index (χ2v) is 6.81. The number of carbonyl (C=O) groups is 1. The van der Waals surface area contributed by atoms with Gasteiger partial charge in [-0.1, -0.05) is 19.3 Å². The Morgan fingerprint density at radius 2 is 2.04 bits per heavy atom. The Kier molecular flexibility index (Phi) is 5.40. The summed E-state index contributed by atoms with van der Waals surface area (Å²) < 4.78 is 10.5. The van der Waals surface area contributed by atoms with E-state index in [1.807, 2.05) is 4.90 Å². The SMILES string of the molecule is COc1ccc(OCC(=O)N2CC[C@H]3CCCC[C@@H]3C2)c([N+](=O)[O-])c1. The summed E-state index contributed by atoms with van der Waals surface area (Å²) in [6, 6.07) is 4.35. The maximum absolute atomic E-state index is 12.5. The Bertz CT molecular complexity index is 648. The molecule has 136 valence electrons. The lowest BCUT2D eigenvalue weighted by atomic mass is 9.75. The van der Waals surface area contributed by atoms with E-state index in [-0.39, 0.29) is 24.0 Å². The predicted molar refractivity (Wildman–Crippen MR) is 91.8 cm³/mol. The number of carbonyl (C=O) groups excluding carboxylic acids is 1. The molecule has 25 heavy (non-hydrogen) atoms. The van der Waals surface area contributed by atoms with Gasteiger partial charge in [-0.25, -0.2) is 0 Å². The van der Waals surface area contributed by atoms with Gasteiger partial charge in [0, 0.05) is 13.1 Å². The number of nitro benzene ring substituents is 1. The van der Waals surface area contributed by atoms with Crippen LogP contribution in [0, 0.1) is 22.0 Å². The number of hydrogen-bond donors (Lipinski definition) is 0. The Morgan fingerprint density at radius 1 is 1.28 bits per heavy atom. The fraction of sp³-hybridized carbons (Fsp3) is 0.611. The number of nitrogens with zero attached hydrogens (tertiary/aromatic N) is 2. The summed E-state index contributed by atoms with van der Waals surface area (Å²) in [4.78, 5) is 24.9. The van der Waals surface area contributed by atoms with Gasteiger partial charge in [-0.15, -0.1) is 0 Å². The van der Waals surface area contributed by atoms with Crippen molar-refractivity contribution in [3.05, 3.63) is 28.3 Å². The van der Waals surface area contributed by atoms with Crippen LogP contribution in [0.5, 0.6) is 11.5 Å². The normalized spacial score (nSPS) is 22.8. The molecule has 1 heterocycles. The highest BCUT2D eigenvalue weighted by molar-refractivity contribution is 5.78. The Hall–Kier alpha value is -2.31. The first-order valence-corrected chi connectivity index (χ1v) is 8.81. The molecule has 1 saturated carbocycles. The third-order valence-electron chi connectivity index (χ3n) is 5.36. The zero-order chi connectivity index (χ0) is 17.8. The number of benzene rings is 1. The molecular formula is C18H24N2O5. The monoisotopic (exact) mass is 348 g/mol. The van der Waals surface area contributed by atoms with Crippen LogP contribution in [0.4, 0.5) is 5.69 Å². The molecule has 2 fully saturated rings. The zero-order valence-electron chi connectivity index (χ0n) is 14.5. The van der Waals surface area contributed by atoms with Gasteiger partial charge in [-0.3, -0.25) is 14.9 Å². The van der Waals surface area contributed by atoms with Crippen molar-refractivity contribution in [2.45, 2.75) is 32.1 Å². The Balaban J connectivity index is 1.60. The van der Waals surface area contributed by atoms with Gasteiger partial charge in [0.2, 0.25) is 0 Å². The largest absolute Gasteiger partial charge is 0.496 e. The average Bonchev–Trinajstić information content (AvgIpc) is 2.65. The minimum absolute atomic E-state index is 0.0895. The maximum Gasteiger partial charge on any atom is 0.314 e. The first-order valence-electron chi connectivity index (χ1n) is 8.81. The minimum Gasteiger partial charge on any atom is -0.496 e. The molecule has 7 heteroatoms. The molecule has 2 aliphatic rings. The Morgan fingerprint density at radius 3 is 2.76 bits per heavy atom. The van der Waals surface area contributed by atoms with Gasteiger partial charge < -0.3 is 14.4 Å². The predicted octanol–water partition coefficient (Wildman–Crippen LogP) is 3.02. The molecule has 1 aromatic carbocycles. The van der Waals surface area contributed by atoms with E-state index >= 15 is 0 Å². The molecule has 3 rings (SSSR count). The van der Waals surface area contributed by atoms with Crippen LogP contribution < -0.4 is 9.47 Å². The van der Waals surface area contributed by atoms with Crippen molar-refractivity contribution in [2.75, 3.05) is 26.8 Å². The highest BCUT2D eigenvalue weighted by Crippen LogP contribution is 2.36. The van der Waals surface area contributed by atoms with Crippen LogP contribution in [0.25, 0.3) is 0 Å². The highest BCUT2D eigenvalue weighted by Gasteiger charge is 2.33. The van der Waals surface area contributed by atoms with Gasteiger partial charge in [0.15, 0.2) is 12.4 Å². The third kappa shape index (κ3) is 4.03. The first-order chi connectivity index (χ1) is 12.1. The molecule has 0 spiro atoms. The van der Waals surface area contributed by atoms with E-state index < -0.39 is 4.92 Å². The van der Waals surface area contributed by atoms with E-state index in [4.69, 9.17) is 9.47 Å². The fourth-order valence-electron chi connectivity index (χ4n) is 3.95. The smallest absolute Gasteiger partial charge is 0.314 e. The van der Waals surface area contributed by atoms with Crippen LogP contribution in [0.15, 0.2) is 18.2 Å². The van der Waals surface area contributed by atoms with Gasteiger partial charge in [-0.2, -0.15) is 0 Å². The highest BCUT2D eigenvalue weighted by atomic mass is 16.6. The van der Waals surface area contributed by atoms with E-state index in [0.29, 0.717) is 11.7 Å². The third-order valence-corrected chi connectivity index (χ3v) is 5.36. The topological polar surface area (TPSA) is 81.9 Å². The number of likely N-dealkylation sites (tertiary alicyclic amines) is 1. The van der Waals surface area contributed by atoms with Gasteiger partial charge >= 0.3 is 5.69 Å². The lowest BCUT2D eigenvalue weighted by Crippen LogP contribution is -2.46. The van der Waals surface area contributed by atoms with Crippen LogP contribution in [0.3, 0.4) is 0 Å². The lowest BCUT2D eigenvalue weighted by molar-refractivity contribution is -0.385. The number of methoxy groups -OCH3 is 1. The Labute approximate surface area is 147 Å². The molecular weight excluding hydrogens is 324 g/mol.